The molecule has 1 aliphatic heterocycles. The van der Waals surface area contributed by atoms with Crippen LogP contribution in [-0.2, 0) is 14.4 Å². The van der Waals surface area contributed by atoms with Gasteiger partial charge < -0.3 is 20.6 Å². The molecule has 1 aliphatic rings. The topological polar surface area (TPSA) is 124 Å². The molecule has 0 aromatic heterocycles. The molecule has 0 bridgehead atoms. The summed E-state index contributed by atoms with van der Waals surface area (Å²) in [5.41, 5.74) is 0. The lowest BCUT2D eigenvalue weighted by Gasteiger charge is -2.17. The van der Waals surface area contributed by atoms with Crippen LogP contribution in [-0.4, -0.2) is 46.3 Å². The molecule has 86 valence electrons. The van der Waals surface area contributed by atoms with Crippen LogP contribution in [0.2, 0.25) is 0 Å². The van der Waals surface area contributed by atoms with E-state index in [-0.39, 0.29) is 5.92 Å². The van der Waals surface area contributed by atoms with Crippen molar-refractivity contribution in [2.45, 2.75) is 12.8 Å². The SMILES string of the molecule is O=C(O)C(=O)O.O=C(O)C1CCNCC1. The van der Waals surface area contributed by atoms with Crippen molar-refractivity contribution in [2.75, 3.05) is 13.1 Å². The predicted octanol–water partition coefficient (Wildman–Crippen LogP) is -0.774. The largest absolute Gasteiger partial charge is 0.481 e. The molecule has 0 saturated carbocycles. The number of rotatable bonds is 1. The van der Waals surface area contributed by atoms with E-state index < -0.39 is 17.9 Å². The Bertz CT molecular complexity index is 234. The quantitative estimate of drug-likeness (QED) is 0.426. The van der Waals surface area contributed by atoms with Crippen LogP contribution >= 0.6 is 0 Å². The Hall–Kier alpha value is -1.63. The van der Waals surface area contributed by atoms with E-state index >= 15 is 0 Å². The molecule has 0 aromatic rings. The van der Waals surface area contributed by atoms with E-state index in [0.29, 0.717) is 0 Å². The molecule has 1 heterocycles. The van der Waals surface area contributed by atoms with E-state index in [1.165, 1.54) is 0 Å². The lowest BCUT2D eigenvalue weighted by molar-refractivity contribution is -0.159. The number of piperidine rings is 1. The Morgan fingerprint density at radius 2 is 1.33 bits per heavy atom. The average molecular weight is 219 g/mol. The van der Waals surface area contributed by atoms with E-state index in [1.54, 1.807) is 0 Å². The highest BCUT2D eigenvalue weighted by Gasteiger charge is 2.18. The van der Waals surface area contributed by atoms with Gasteiger partial charge >= 0.3 is 17.9 Å². The molecule has 0 atom stereocenters. The summed E-state index contributed by atoms with van der Waals surface area (Å²) in [4.78, 5) is 28.5. The average Bonchev–Trinajstić information content (AvgIpc) is 2.20. The zero-order valence-electron chi connectivity index (χ0n) is 7.97. The molecule has 0 amide bonds. The zero-order valence-corrected chi connectivity index (χ0v) is 7.97. The lowest BCUT2D eigenvalue weighted by Crippen LogP contribution is -2.31. The summed E-state index contributed by atoms with van der Waals surface area (Å²) in [7, 11) is 0. The molecule has 0 aliphatic carbocycles. The van der Waals surface area contributed by atoms with Crippen LogP contribution in [0.1, 0.15) is 12.8 Å². The summed E-state index contributed by atoms with van der Waals surface area (Å²) in [6.45, 7) is 1.72. The second kappa shape index (κ2) is 6.77. The van der Waals surface area contributed by atoms with Crippen molar-refractivity contribution in [1.29, 1.82) is 0 Å². The molecule has 7 nitrogen and oxygen atoms in total. The maximum absolute atomic E-state index is 10.3. The molecule has 0 aromatic carbocycles. The van der Waals surface area contributed by atoms with Gasteiger partial charge in [-0.25, -0.2) is 9.59 Å². The summed E-state index contributed by atoms with van der Waals surface area (Å²) in [5.74, 6) is -4.38. The molecule has 0 unspecified atom stereocenters. The summed E-state index contributed by atoms with van der Waals surface area (Å²) in [6.07, 6.45) is 1.57. The maximum atomic E-state index is 10.3. The Labute approximate surface area is 85.7 Å². The predicted molar refractivity (Wildman–Crippen MR) is 48.5 cm³/mol. The van der Waals surface area contributed by atoms with Gasteiger partial charge in [-0.2, -0.15) is 0 Å². The summed E-state index contributed by atoms with van der Waals surface area (Å²) < 4.78 is 0. The third kappa shape index (κ3) is 6.44. The summed E-state index contributed by atoms with van der Waals surface area (Å²) in [6, 6.07) is 0. The highest BCUT2D eigenvalue weighted by atomic mass is 16.4. The second-order valence-corrected chi connectivity index (χ2v) is 2.97. The fourth-order valence-corrected chi connectivity index (χ4v) is 1.07. The van der Waals surface area contributed by atoms with Gasteiger partial charge in [0.05, 0.1) is 5.92 Å². The van der Waals surface area contributed by atoms with E-state index in [1.807, 2.05) is 0 Å². The normalized spacial score (nSPS) is 16.0. The van der Waals surface area contributed by atoms with E-state index in [4.69, 9.17) is 24.9 Å². The minimum absolute atomic E-state index is 0.0914. The third-order valence-electron chi connectivity index (χ3n) is 1.87. The molecule has 0 spiro atoms. The van der Waals surface area contributed by atoms with Crippen molar-refractivity contribution in [2.24, 2.45) is 5.92 Å². The van der Waals surface area contributed by atoms with Gasteiger partial charge in [0.25, 0.3) is 0 Å². The van der Waals surface area contributed by atoms with E-state index in [9.17, 15) is 4.79 Å². The first-order valence-electron chi connectivity index (χ1n) is 4.35. The smallest absolute Gasteiger partial charge is 0.414 e. The van der Waals surface area contributed by atoms with Crippen LogP contribution in [0, 0.1) is 5.92 Å². The van der Waals surface area contributed by atoms with Crippen molar-refractivity contribution in [3.8, 4) is 0 Å². The van der Waals surface area contributed by atoms with Crippen LogP contribution in [0.4, 0.5) is 0 Å². The van der Waals surface area contributed by atoms with Gasteiger partial charge in [0, 0.05) is 0 Å². The first-order valence-corrected chi connectivity index (χ1v) is 4.35. The second-order valence-electron chi connectivity index (χ2n) is 2.97. The first-order chi connectivity index (χ1) is 6.95. The fourth-order valence-electron chi connectivity index (χ4n) is 1.07. The number of carbonyl (C=O) groups is 3. The minimum Gasteiger partial charge on any atom is -0.481 e. The number of aliphatic carboxylic acids is 3. The highest BCUT2D eigenvalue weighted by molar-refractivity contribution is 6.27. The first kappa shape index (κ1) is 13.4. The molecular formula is C8H13NO6. The van der Waals surface area contributed by atoms with Gasteiger partial charge in [-0.3, -0.25) is 4.79 Å². The van der Waals surface area contributed by atoms with Crippen LogP contribution < -0.4 is 5.32 Å². The Balaban J connectivity index is 0.000000288. The Kier molecular flexibility index (Phi) is 6.03. The maximum Gasteiger partial charge on any atom is 0.414 e. The summed E-state index contributed by atoms with van der Waals surface area (Å²) >= 11 is 0. The molecule has 1 saturated heterocycles. The van der Waals surface area contributed by atoms with Gasteiger partial charge in [-0.15, -0.1) is 0 Å². The van der Waals surface area contributed by atoms with E-state index in [2.05, 4.69) is 5.32 Å². The number of hydrogen-bond donors (Lipinski definition) is 4. The van der Waals surface area contributed by atoms with Crippen LogP contribution in [0.15, 0.2) is 0 Å². The van der Waals surface area contributed by atoms with Crippen molar-refractivity contribution in [1.82, 2.24) is 5.32 Å². The lowest BCUT2D eigenvalue weighted by atomic mass is 9.99. The van der Waals surface area contributed by atoms with Crippen LogP contribution in [0.5, 0.6) is 0 Å². The molecular weight excluding hydrogens is 206 g/mol. The minimum atomic E-state index is -1.82. The standard InChI is InChI=1S/C6H11NO2.C2H2O4/c8-6(9)5-1-3-7-4-2-5;3-1(4)2(5)6/h5,7H,1-4H2,(H,8,9);(H,3,4)(H,5,6). The van der Waals surface area contributed by atoms with Crippen molar-refractivity contribution >= 4 is 17.9 Å². The molecule has 4 N–H and O–H groups in total. The van der Waals surface area contributed by atoms with Gasteiger partial charge in [0.2, 0.25) is 0 Å². The Morgan fingerprint density at radius 3 is 1.53 bits per heavy atom. The third-order valence-corrected chi connectivity index (χ3v) is 1.87. The van der Waals surface area contributed by atoms with Gasteiger partial charge in [0.15, 0.2) is 0 Å². The van der Waals surface area contributed by atoms with Crippen LogP contribution in [0.3, 0.4) is 0 Å². The summed E-state index contributed by atoms with van der Waals surface area (Å²) in [5, 5.41) is 26.4. The molecule has 0 radical (unpaired) electrons. The zero-order chi connectivity index (χ0) is 11.8. The number of nitrogens with one attached hydrogen (secondary N) is 1. The van der Waals surface area contributed by atoms with Crippen molar-refractivity contribution < 1.29 is 29.7 Å². The van der Waals surface area contributed by atoms with E-state index in [0.717, 1.165) is 25.9 Å². The van der Waals surface area contributed by atoms with Crippen molar-refractivity contribution in [3.63, 3.8) is 0 Å². The van der Waals surface area contributed by atoms with Crippen LogP contribution in [0.25, 0.3) is 0 Å². The number of hydrogen-bond acceptors (Lipinski definition) is 4. The molecule has 15 heavy (non-hydrogen) atoms. The number of carboxylic acids is 3. The van der Waals surface area contributed by atoms with Gasteiger partial charge in [-0.05, 0) is 25.9 Å². The molecule has 1 fully saturated rings. The van der Waals surface area contributed by atoms with Crippen molar-refractivity contribution in [3.05, 3.63) is 0 Å². The molecule has 1 rings (SSSR count). The highest BCUT2D eigenvalue weighted by Crippen LogP contribution is 2.10. The van der Waals surface area contributed by atoms with Gasteiger partial charge in [-0.1, -0.05) is 0 Å². The molecule has 7 heteroatoms. The number of carboxylic acid groups (broad SMARTS) is 3. The van der Waals surface area contributed by atoms with Gasteiger partial charge in [0.1, 0.15) is 0 Å². The Morgan fingerprint density at radius 1 is 0.933 bits per heavy atom. The monoisotopic (exact) mass is 219 g/mol. The fraction of sp³-hybridized carbons (Fsp3) is 0.625.